The molecular weight excluding hydrogens is 215 g/mol. The van der Waals surface area contributed by atoms with Crippen molar-refractivity contribution in [2.45, 2.75) is 31.0 Å². The highest BCUT2D eigenvalue weighted by Crippen LogP contribution is 2.18. The number of nitrogens with zero attached hydrogens (tertiary/aromatic N) is 2. The van der Waals surface area contributed by atoms with E-state index in [1.54, 1.807) is 18.0 Å². The van der Waals surface area contributed by atoms with Crippen molar-refractivity contribution in [3.63, 3.8) is 0 Å². The second kappa shape index (κ2) is 6.85. The first-order valence-corrected chi connectivity index (χ1v) is 6.08. The van der Waals surface area contributed by atoms with Crippen LogP contribution in [0.15, 0.2) is 11.4 Å². The number of hydrogen-bond acceptors (Lipinski definition) is 3. The molecule has 0 aliphatic rings. The third-order valence-corrected chi connectivity index (χ3v) is 3.34. The van der Waals surface area contributed by atoms with Crippen LogP contribution in [0.1, 0.15) is 25.0 Å². The van der Waals surface area contributed by atoms with E-state index < -0.39 is 0 Å². The molecule has 0 radical (unpaired) electrons. The van der Waals surface area contributed by atoms with Crippen LogP contribution in [0.3, 0.4) is 0 Å². The van der Waals surface area contributed by atoms with Gasteiger partial charge in [-0.2, -0.15) is 0 Å². The van der Waals surface area contributed by atoms with Gasteiger partial charge in [0.25, 0.3) is 0 Å². The Morgan fingerprint density at radius 1 is 1.47 bits per heavy atom. The largest absolute Gasteiger partial charge is 0.390 e. The average molecular weight is 232 g/mol. The first-order valence-electron chi connectivity index (χ1n) is 5.09. The van der Waals surface area contributed by atoms with Crippen LogP contribution in [0.5, 0.6) is 0 Å². The minimum absolute atomic E-state index is 0.0198. The van der Waals surface area contributed by atoms with Crippen molar-refractivity contribution < 1.29 is 9.50 Å². The highest BCUT2D eigenvalue weighted by atomic mass is 32.2. The fourth-order valence-corrected chi connectivity index (χ4v) is 2.21. The molecule has 0 saturated carbocycles. The van der Waals surface area contributed by atoms with Gasteiger partial charge in [0.15, 0.2) is 5.16 Å². The average Bonchev–Trinajstić information content (AvgIpc) is 2.60. The quantitative estimate of drug-likeness (QED) is 0.578. The van der Waals surface area contributed by atoms with Crippen LogP contribution in [-0.4, -0.2) is 27.1 Å². The van der Waals surface area contributed by atoms with E-state index in [1.165, 1.54) is 0 Å². The van der Waals surface area contributed by atoms with Crippen molar-refractivity contribution in [2.75, 3.05) is 12.4 Å². The maximum atomic E-state index is 11.8. The molecule has 1 heterocycles. The molecule has 0 saturated heterocycles. The zero-order valence-corrected chi connectivity index (χ0v) is 9.76. The molecule has 5 heteroatoms. The van der Waals surface area contributed by atoms with Gasteiger partial charge in [-0.3, -0.25) is 4.39 Å². The van der Waals surface area contributed by atoms with Crippen molar-refractivity contribution in [1.82, 2.24) is 9.55 Å². The second-order valence-corrected chi connectivity index (χ2v) is 4.41. The van der Waals surface area contributed by atoms with E-state index in [-0.39, 0.29) is 13.3 Å². The number of hydrogen-bond donors (Lipinski definition) is 1. The minimum Gasteiger partial charge on any atom is -0.390 e. The predicted molar refractivity (Wildman–Crippen MR) is 59.7 cm³/mol. The zero-order chi connectivity index (χ0) is 11.1. The summed E-state index contributed by atoms with van der Waals surface area (Å²) in [6.45, 7) is -0.201. The van der Waals surface area contributed by atoms with Crippen LogP contribution in [0.4, 0.5) is 4.39 Å². The molecule has 1 aromatic rings. The number of aromatic nitrogens is 2. The van der Waals surface area contributed by atoms with Gasteiger partial charge in [0.2, 0.25) is 0 Å². The summed E-state index contributed by atoms with van der Waals surface area (Å²) in [5.41, 5.74) is 0.821. The number of alkyl halides is 1. The molecule has 0 atom stereocenters. The fourth-order valence-electron chi connectivity index (χ4n) is 1.24. The fraction of sp³-hybridized carbons (Fsp3) is 0.700. The topological polar surface area (TPSA) is 38.0 Å². The van der Waals surface area contributed by atoms with E-state index in [1.807, 2.05) is 11.6 Å². The summed E-state index contributed by atoms with van der Waals surface area (Å²) < 4.78 is 13.7. The van der Waals surface area contributed by atoms with Gasteiger partial charge < -0.3 is 9.67 Å². The van der Waals surface area contributed by atoms with Gasteiger partial charge in [-0.25, -0.2) is 4.98 Å². The zero-order valence-electron chi connectivity index (χ0n) is 8.95. The molecule has 1 rings (SSSR count). The number of aliphatic hydroxyl groups is 1. The molecule has 1 N–H and O–H groups in total. The highest BCUT2D eigenvalue weighted by Gasteiger charge is 2.05. The van der Waals surface area contributed by atoms with Gasteiger partial charge in [0, 0.05) is 12.8 Å². The van der Waals surface area contributed by atoms with Crippen molar-refractivity contribution in [2.24, 2.45) is 7.05 Å². The Bertz CT molecular complexity index is 291. The van der Waals surface area contributed by atoms with Crippen LogP contribution >= 0.6 is 11.8 Å². The molecule has 0 bridgehead atoms. The van der Waals surface area contributed by atoms with Crippen LogP contribution in [0.25, 0.3) is 0 Å². The smallest absolute Gasteiger partial charge is 0.167 e. The van der Waals surface area contributed by atoms with Crippen molar-refractivity contribution >= 4 is 11.8 Å². The number of rotatable bonds is 7. The lowest BCUT2D eigenvalue weighted by atomic mass is 10.3. The van der Waals surface area contributed by atoms with E-state index in [0.717, 1.165) is 29.4 Å². The first kappa shape index (κ1) is 12.5. The molecule has 15 heavy (non-hydrogen) atoms. The molecule has 1 aromatic heterocycles. The Hall–Kier alpha value is -0.550. The Morgan fingerprint density at radius 3 is 2.87 bits per heavy atom. The summed E-state index contributed by atoms with van der Waals surface area (Å²) >= 11 is 1.65. The lowest BCUT2D eigenvalue weighted by Gasteiger charge is -2.03. The lowest BCUT2D eigenvalue weighted by molar-refractivity contribution is 0.271. The molecule has 0 unspecified atom stereocenters. The number of aliphatic hydroxyl groups excluding tert-OH is 1. The van der Waals surface area contributed by atoms with Crippen LogP contribution in [-0.2, 0) is 13.7 Å². The summed E-state index contributed by atoms with van der Waals surface area (Å²) in [7, 11) is 1.89. The van der Waals surface area contributed by atoms with Gasteiger partial charge in [-0.1, -0.05) is 18.2 Å². The number of thioether (sulfide) groups is 1. The molecule has 0 amide bonds. The normalized spacial score (nSPS) is 10.9. The summed E-state index contributed by atoms with van der Waals surface area (Å²) in [5.74, 6) is 0.954. The number of halogens is 1. The summed E-state index contributed by atoms with van der Waals surface area (Å²) in [6, 6.07) is 0. The highest BCUT2D eigenvalue weighted by molar-refractivity contribution is 7.99. The molecule has 0 fully saturated rings. The Labute approximate surface area is 93.7 Å². The summed E-state index contributed by atoms with van der Waals surface area (Å²) in [4.78, 5) is 4.20. The monoisotopic (exact) mass is 232 g/mol. The molecular formula is C10H17FN2OS. The van der Waals surface area contributed by atoms with Gasteiger partial charge in [0.05, 0.1) is 25.2 Å². The molecule has 0 aliphatic carbocycles. The first-order chi connectivity index (χ1) is 7.29. The lowest BCUT2D eigenvalue weighted by Crippen LogP contribution is -1.97. The maximum Gasteiger partial charge on any atom is 0.167 e. The minimum atomic E-state index is -0.221. The van der Waals surface area contributed by atoms with Crippen molar-refractivity contribution in [1.29, 1.82) is 0 Å². The molecule has 3 nitrogen and oxygen atoms in total. The van der Waals surface area contributed by atoms with Crippen LogP contribution in [0, 0.1) is 0 Å². The molecule has 0 aromatic carbocycles. The van der Waals surface area contributed by atoms with E-state index in [9.17, 15) is 4.39 Å². The predicted octanol–water partition coefficient (Wildman–Crippen LogP) is 2.14. The third kappa shape index (κ3) is 3.83. The Kier molecular flexibility index (Phi) is 5.71. The van der Waals surface area contributed by atoms with Gasteiger partial charge >= 0.3 is 0 Å². The number of unbranched alkanes of at least 4 members (excludes halogenated alkanes) is 2. The van der Waals surface area contributed by atoms with Gasteiger partial charge in [0.1, 0.15) is 0 Å². The van der Waals surface area contributed by atoms with E-state index in [2.05, 4.69) is 4.98 Å². The van der Waals surface area contributed by atoms with E-state index in [4.69, 9.17) is 5.11 Å². The van der Waals surface area contributed by atoms with Crippen LogP contribution < -0.4 is 0 Å². The third-order valence-electron chi connectivity index (χ3n) is 2.21. The van der Waals surface area contributed by atoms with E-state index in [0.29, 0.717) is 6.42 Å². The SMILES string of the molecule is Cn1c(CO)cnc1SCCCCCF. The second-order valence-electron chi connectivity index (χ2n) is 3.35. The Balaban J connectivity index is 2.28. The van der Waals surface area contributed by atoms with Gasteiger partial charge in [-0.15, -0.1) is 0 Å². The van der Waals surface area contributed by atoms with Crippen molar-refractivity contribution in [3.8, 4) is 0 Å². The Morgan fingerprint density at radius 2 is 2.27 bits per heavy atom. The van der Waals surface area contributed by atoms with Crippen LogP contribution in [0.2, 0.25) is 0 Å². The maximum absolute atomic E-state index is 11.8. The van der Waals surface area contributed by atoms with Crippen molar-refractivity contribution in [3.05, 3.63) is 11.9 Å². The molecule has 0 aliphatic heterocycles. The van der Waals surface area contributed by atoms with E-state index >= 15 is 0 Å². The standard InChI is InChI=1S/C10H17FN2OS/c1-13-9(8-14)7-12-10(13)15-6-4-2-3-5-11/h7,14H,2-6,8H2,1H3. The molecule has 0 spiro atoms. The van der Waals surface area contributed by atoms with Gasteiger partial charge in [-0.05, 0) is 12.8 Å². The summed E-state index contributed by atoms with van der Waals surface area (Å²) in [5, 5.41) is 9.88. The molecule has 86 valence electrons. The number of imidazole rings is 1. The summed E-state index contributed by atoms with van der Waals surface area (Å²) in [6.07, 6.45) is 4.28.